The van der Waals surface area contributed by atoms with Crippen molar-refractivity contribution < 1.29 is 19.1 Å². The molecule has 3 rings (SSSR count). The molecule has 0 aliphatic rings. The summed E-state index contributed by atoms with van der Waals surface area (Å²) in [6.07, 6.45) is 0. The summed E-state index contributed by atoms with van der Waals surface area (Å²) in [6, 6.07) is 19.7. The van der Waals surface area contributed by atoms with Crippen LogP contribution in [-0.2, 0) is 14.3 Å². The van der Waals surface area contributed by atoms with Crippen molar-refractivity contribution in [3.63, 3.8) is 0 Å². The third-order valence-electron chi connectivity index (χ3n) is 4.53. The van der Waals surface area contributed by atoms with E-state index in [1.807, 2.05) is 49.4 Å². The minimum Gasteiger partial charge on any atom is -0.454 e. The van der Waals surface area contributed by atoms with Gasteiger partial charge in [-0.2, -0.15) is 0 Å². The predicted molar refractivity (Wildman–Crippen MR) is 117 cm³/mol. The lowest BCUT2D eigenvalue weighted by atomic mass is 10.1. The first kappa shape index (κ1) is 21.3. The molecule has 0 saturated heterocycles. The second-order valence-corrected chi connectivity index (χ2v) is 6.92. The van der Waals surface area contributed by atoms with Crippen molar-refractivity contribution in [3.05, 3.63) is 77.3 Å². The fourth-order valence-corrected chi connectivity index (χ4v) is 3.18. The maximum absolute atomic E-state index is 12.7. The maximum Gasteiger partial charge on any atom is 0.325 e. The summed E-state index contributed by atoms with van der Waals surface area (Å²) in [4.78, 5) is 38.2. The number of carbonyl (C=O) groups excluding carboxylic acids is 3. The van der Waals surface area contributed by atoms with E-state index < -0.39 is 18.5 Å². The van der Waals surface area contributed by atoms with Crippen LogP contribution in [0.3, 0.4) is 0 Å². The average Bonchev–Trinajstić information content (AvgIpc) is 2.77. The number of hydrogen-bond donors (Lipinski definition) is 1. The Morgan fingerprint density at radius 3 is 2.40 bits per heavy atom. The molecular formula is C23H21ClN2O4. The summed E-state index contributed by atoms with van der Waals surface area (Å²) in [6.45, 7) is 1.54. The molecule has 7 heteroatoms. The van der Waals surface area contributed by atoms with Crippen molar-refractivity contribution in [1.29, 1.82) is 0 Å². The van der Waals surface area contributed by atoms with Crippen molar-refractivity contribution in [2.24, 2.45) is 0 Å². The SMILES string of the molecule is CCN(C(=O)COC(=O)CNC(=O)c1ccc(Cl)cc1)c1cccc2ccccc12. The molecule has 1 N–H and O–H groups in total. The van der Waals surface area contributed by atoms with Crippen molar-refractivity contribution in [1.82, 2.24) is 5.32 Å². The highest BCUT2D eigenvalue weighted by molar-refractivity contribution is 6.30. The third-order valence-corrected chi connectivity index (χ3v) is 4.78. The highest BCUT2D eigenvalue weighted by atomic mass is 35.5. The van der Waals surface area contributed by atoms with Gasteiger partial charge in [-0.1, -0.05) is 48.0 Å². The van der Waals surface area contributed by atoms with Crippen LogP contribution >= 0.6 is 11.6 Å². The number of nitrogens with zero attached hydrogens (tertiary/aromatic N) is 1. The zero-order valence-electron chi connectivity index (χ0n) is 16.4. The normalized spacial score (nSPS) is 10.5. The number of likely N-dealkylation sites (N-methyl/N-ethyl adjacent to an activating group) is 1. The van der Waals surface area contributed by atoms with Crippen LogP contribution in [0.1, 0.15) is 17.3 Å². The molecule has 2 amide bonds. The molecule has 0 aromatic heterocycles. The fourth-order valence-electron chi connectivity index (χ4n) is 3.05. The van der Waals surface area contributed by atoms with Gasteiger partial charge < -0.3 is 15.0 Å². The number of esters is 1. The van der Waals surface area contributed by atoms with Gasteiger partial charge in [0.2, 0.25) is 0 Å². The molecule has 0 aliphatic heterocycles. The molecule has 0 fully saturated rings. The van der Waals surface area contributed by atoms with Crippen molar-refractivity contribution in [3.8, 4) is 0 Å². The number of anilines is 1. The largest absolute Gasteiger partial charge is 0.454 e. The molecular weight excluding hydrogens is 404 g/mol. The number of nitrogens with one attached hydrogen (secondary N) is 1. The van der Waals surface area contributed by atoms with Crippen LogP contribution in [0.15, 0.2) is 66.7 Å². The van der Waals surface area contributed by atoms with Gasteiger partial charge in [-0.15, -0.1) is 0 Å². The van der Waals surface area contributed by atoms with E-state index in [1.54, 1.807) is 29.2 Å². The van der Waals surface area contributed by atoms with E-state index in [2.05, 4.69) is 5.32 Å². The molecule has 0 unspecified atom stereocenters. The number of fused-ring (bicyclic) bond motifs is 1. The predicted octanol–water partition coefficient (Wildman–Crippen LogP) is 3.82. The Hall–Kier alpha value is -3.38. The van der Waals surface area contributed by atoms with Gasteiger partial charge >= 0.3 is 5.97 Å². The van der Waals surface area contributed by atoms with E-state index in [-0.39, 0.29) is 12.5 Å². The monoisotopic (exact) mass is 424 g/mol. The van der Waals surface area contributed by atoms with Gasteiger partial charge in [0.15, 0.2) is 6.61 Å². The molecule has 3 aromatic rings. The van der Waals surface area contributed by atoms with E-state index in [0.717, 1.165) is 16.5 Å². The average molecular weight is 425 g/mol. The number of rotatable bonds is 7. The highest BCUT2D eigenvalue weighted by Crippen LogP contribution is 2.26. The second-order valence-electron chi connectivity index (χ2n) is 6.49. The molecule has 30 heavy (non-hydrogen) atoms. The number of amides is 2. The molecule has 0 atom stereocenters. The number of benzene rings is 3. The van der Waals surface area contributed by atoms with Crippen LogP contribution in [0.4, 0.5) is 5.69 Å². The van der Waals surface area contributed by atoms with Gasteiger partial charge in [0.1, 0.15) is 6.54 Å². The van der Waals surface area contributed by atoms with Crippen LogP contribution < -0.4 is 10.2 Å². The lowest BCUT2D eigenvalue weighted by Gasteiger charge is -2.22. The molecule has 0 bridgehead atoms. The molecule has 0 saturated carbocycles. The fraction of sp³-hybridized carbons (Fsp3) is 0.174. The molecule has 3 aromatic carbocycles. The summed E-state index contributed by atoms with van der Waals surface area (Å²) >= 11 is 5.79. The summed E-state index contributed by atoms with van der Waals surface area (Å²) in [5, 5.41) is 4.93. The minimum absolute atomic E-state index is 0.338. The van der Waals surface area contributed by atoms with E-state index in [0.29, 0.717) is 17.1 Å². The minimum atomic E-state index is -0.695. The lowest BCUT2D eigenvalue weighted by molar-refractivity contribution is -0.146. The zero-order chi connectivity index (χ0) is 21.5. The van der Waals surface area contributed by atoms with E-state index >= 15 is 0 Å². The van der Waals surface area contributed by atoms with Gasteiger partial charge in [0, 0.05) is 22.5 Å². The van der Waals surface area contributed by atoms with Crippen LogP contribution in [-0.4, -0.2) is 37.5 Å². The zero-order valence-corrected chi connectivity index (χ0v) is 17.2. The Bertz CT molecular complexity index is 1060. The second kappa shape index (κ2) is 9.89. The first-order valence-corrected chi connectivity index (χ1v) is 9.85. The topological polar surface area (TPSA) is 75.7 Å². The Labute approximate surface area is 179 Å². The van der Waals surface area contributed by atoms with Crippen LogP contribution in [0, 0.1) is 0 Å². The third kappa shape index (κ3) is 5.15. The van der Waals surface area contributed by atoms with Crippen molar-refractivity contribution in [2.75, 3.05) is 24.6 Å². The van der Waals surface area contributed by atoms with Gasteiger partial charge in [-0.3, -0.25) is 14.4 Å². The van der Waals surface area contributed by atoms with Gasteiger partial charge in [-0.05, 0) is 42.6 Å². The number of hydrogen-bond acceptors (Lipinski definition) is 4. The molecule has 0 spiro atoms. The summed E-state index contributed by atoms with van der Waals surface area (Å²) in [5.74, 6) is -1.47. The highest BCUT2D eigenvalue weighted by Gasteiger charge is 2.18. The standard InChI is InChI=1S/C23H21ClN2O4/c1-2-26(20-9-5-7-16-6-3-4-8-19(16)20)21(27)15-30-22(28)14-25-23(29)17-10-12-18(24)13-11-17/h3-13H,2,14-15H2,1H3,(H,25,29). The summed E-state index contributed by atoms with van der Waals surface area (Å²) in [7, 11) is 0. The smallest absolute Gasteiger partial charge is 0.325 e. The Kier molecular flexibility index (Phi) is 7.03. The number of carbonyl (C=O) groups is 3. The maximum atomic E-state index is 12.7. The Morgan fingerprint density at radius 2 is 1.67 bits per heavy atom. The van der Waals surface area contributed by atoms with Crippen LogP contribution in [0.25, 0.3) is 10.8 Å². The number of halogens is 1. The molecule has 0 radical (unpaired) electrons. The first-order valence-electron chi connectivity index (χ1n) is 9.47. The Morgan fingerprint density at radius 1 is 0.967 bits per heavy atom. The van der Waals surface area contributed by atoms with Gasteiger partial charge in [-0.25, -0.2) is 0 Å². The van der Waals surface area contributed by atoms with E-state index in [9.17, 15) is 14.4 Å². The quantitative estimate of drug-likeness (QED) is 0.585. The lowest BCUT2D eigenvalue weighted by Crippen LogP contribution is -2.36. The number of ether oxygens (including phenoxy) is 1. The Balaban J connectivity index is 1.56. The van der Waals surface area contributed by atoms with Crippen LogP contribution in [0.2, 0.25) is 5.02 Å². The van der Waals surface area contributed by atoms with Gasteiger partial charge in [0.05, 0.1) is 5.69 Å². The van der Waals surface area contributed by atoms with Crippen molar-refractivity contribution in [2.45, 2.75) is 6.92 Å². The van der Waals surface area contributed by atoms with E-state index in [1.165, 1.54) is 0 Å². The summed E-state index contributed by atoms with van der Waals surface area (Å²) in [5.41, 5.74) is 1.13. The first-order chi connectivity index (χ1) is 14.5. The molecule has 0 heterocycles. The van der Waals surface area contributed by atoms with Gasteiger partial charge in [0.25, 0.3) is 11.8 Å². The van der Waals surface area contributed by atoms with Crippen molar-refractivity contribution >= 4 is 45.8 Å². The molecule has 154 valence electrons. The molecule has 6 nitrogen and oxygen atoms in total. The van der Waals surface area contributed by atoms with E-state index in [4.69, 9.17) is 16.3 Å². The summed E-state index contributed by atoms with van der Waals surface area (Å²) < 4.78 is 5.06. The molecule has 0 aliphatic carbocycles. The van der Waals surface area contributed by atoms with Crippen LogP contribution in [0.5, 0.6) is 0 Å².